The molecule has 0 fully saturated rings. The van der Waals surface area contributed by atoms with Crippen molar-refractivity contribution in [3.05, 3.63) is 48.3 Å². The van der Waals surface area contributed by atoms with Crippen molar-refractivity contribution in [2.75, 3.05) is 0 Å². The fourth-order valence-electron chi connectivity index (χ4n) is 2.09. The topological polar surface area (TPSA) is 31.2 Å². The molecule has 1 aromatic carbocycles. The van der Waals surface area contributed by atoms with Crippen LogP contribution in [0.2, 0.25) is 0 Å². The van der Waals surface area contributed by atoms with Crippen LogP contribution in [0.25, 0.3) is 11.1 Å². The van der Waals surface area contributed by atoms with Crippen LogP contribution in [0.5, 0.6) is 0 Å². The highest BCUT2D eigenvalue weighted by Crippen LogP contribution is 2.22. The van der Waals surface area contributed by atoms with Crippen LogP contribution in [0.4, 0.5) is 0 Å². The molecule has 0 bridgehead atoms. The molecule has 1 aromatic heterocycles. The number of hydrogen-bond acceptors (Lipinski definition) is 2. The summed E-state index contributed by atoms with van der Waals surface area (Å²) in [5.74, 6) is -0.212. The summed E-state index contributed by atoms with van der Waals surface area (Å²) in [4.78, 5) is 11.9. The molecule has 0 unspecified atom stereocenters. The second-order valence-corrected chi connectivity index (χ2v) is 5.95. The van der Waals surface area contributed by atoms with Crippen molar-refractivity contribution < 1.29 is 9.53 Å². The van der Waals surface area contributed by atoms with E-state index in [1.807, 2.05) is 56.7 Å². The fraction of sp³-hybridized carbons (Fsp3) is 0.353. The Kier molecular flexibility index (Phi) is 3.98. The van der Waals surface area contributed by atoms with Gasteiger partial charge >= 0.3 is 5.97 Å². The maximum Gasteiger partial charge on any atom is 0.326 e. The maximum atomic E-state index is 11.9. The number of esters is 1. The molecule has 3 heteroatoms. The van der Waals surface area contributed by atoms with Crippen molar-refractivity contribution in [3.8, 4) is 11.1 Å². The SMILES string of the molecule is Cc1cc(-c2ccccc2)cn1CC(=O)OC(C)(C)C. The summed E-state index contributed by atoms with van der Waals surface area (Å²) in [6, 6.07) is 12.2. The van der Waals surface area contributed by atoms with Gasteiger partial charge in [-0.25, -0.2) is 0 Å². The molecule has 1 heterocycles. The summed E-state index contributed by atoms with van der Waals surface area (Å²) in [5.41, 5.74) is 2.88. The van der Waals surface area contributed by atoms with E-state index >= 15 is 0 Å². The first kappa shape index (κ1) is 14.4. The van der Waals surface area contributed by atoms with Gasteiger partial charge in [-0.2, -0.15) is 0 Å². The normalized spacial score (nSPS) is 11.4. The van der Waals surface area contributed by atoms with Crippen molar-refractivity contribution in [1.29, 1.82) is 0 Å². The number of carbonyl (C=O) groups is 1. The van der Waals surface area contributed by atoms with Gasteiger partial charge in [-0.15, -0.1) is 0 Å². The Morgan fingerprint density at radius 2 is 1.80 bits per heavy atom. The molecular formula is C17H21NO2. The quantitative estimate of drug-likeness (QED) is 0.795. The zero-order valence-electron chi connectivity index (χ0n) is 12.5. The molecule has 0 atom stereocenters. The third kappa shape index (κ3) is 3.73. The number of aryl methyl sites for hydroxylation is 1. The number of nitrogens with zero attached hydrogens (tertiary/aromatic N) is 1. The highest BCUT2D eigenvalue weighted by atomic mass is 16.6. The predicted octanol–water partition coefficient (Wildman–Crippen LogP) is 3.81. The van der Waals surface area contributed by atoms with Crippen molar-refractivity contribution in [1.82, 2.24) is 4.57 Å². The lowest BCUT2D eigenvalue weighted by Gasteiger charge is -2.19. The summed E-state index contributed by atoms with van der Waals surface area (Å²) < 4.78 is 7.28. The van der Waals surface area contributed by atoms with E-state index in [0.29, 0.717) is 0 Å². The minimum absolute atomic E-state index is 0.212. The monoisotopic (exact) mass is 271 g/mol. The van der Waals surface area contributed by atoms with Gasteiger partial charge in [0.05, 0.1) is 0 Å². The lowest BCUT2D eigenvalue weighted by molar-refractivity contribution is -0.155. The lowest BCUT2D eigenvalue weighted by atomic mass is 10.1. The maximum absolute atomic E-state index is 11.9. The van der Waals surface area contributed by atoms with Crippen LogP contribution in [-0.4, -0.2) is 16.1 Å². The molecule has 0 amide bonds. The van der Waals surface area contributed by atoms with Crippen LogP contribution >= 0.6 is 0 Å². The zero-order valence-corrected chi connectivity index (χ0v) is 12.5. The molecule has 106 valence electrons. The van der Waals surface area contributed by atoms with Crippen LogP contribution in [0.1, 0.15) is 26.5 Å². The minimum atomic E-state index is -0.444. The Labute approximate surface area is 120 Å². The van der Waals surface area contributed by atoms with Crippen molar-refractivity contribution in [2.24, 2.45) is 0 Å². The van der Waals surface area contributed by atoms with Gasteiger partial charge < -0.3 is 9.30 Å². The number of aromatic nitrogens is 1. The minimum Gasteiger partial charge on any atom is -0.459 e. The Morgan fingerprint density at radius 3 is 2.40 bits per heavy atom. The largest absolute Gasteiger partial charge is 0.459 e. The molecule has 2 rings (SSSR count). The van der Waals surface area contributed by atoms with Crippen LogP contribution in [0, 0.1) is 6.92 Å². The number of benzene rings is 1. The zero-order chi connectivity index (χ0) is 14.8. The van der Waals surface area contributed by atoms with E-state index in [9.17, 15) is 4.79 Å². The molecule has 0 radical (unpaired) electrons. The average Bonchev–Trinajstić information content (AvgIpc) is 2.70. The van der Waals surface area contributed by atoms with Gasteiger partial charge in [0.25, 0.3) is 0 Å². The number of carbonyl (C=O) groups excluding carboxylic acids is 1. The highest BCUT2D eigenvalue weighted by molar-refractivity contribution is 5.71. The first-order chi connectivity index (χ1) is 9.35. The fourth-order valence-corrected chi connectivity index (χ4v) is 2.09. The first-order valence-electron chi connectivity index (χ1n) is 6.79. The molecular weight excluding hydrogens is 250 g/mol. The Morgan fingerprint density at radius 1 is 1.15 bits per heavy atom. The summed E-state index contributed by atoms with van der Waals surface area (Å²) in [6.45, 7) is 7.88. The van der Waals surface area contributed by atoms with Gasteiger partial charge in [-0.3, -0.25) is 4.79 Å². The molecule has 0 saturated heterocycles. The van der Waals surface area contributed by atoms with Crippen LogP contribution in [-0.2, 0) is 16.1 Å². The molecule has 0 spiro atoms. The summed E-state index contributed by atoms with van der Waals surface area (Å²) in [6.07, 6.45) is 1.99. The highest BCUT2D eigenvalue weighted by Gasteiger charge is 2.17. The molecule has 3 nitrogen and oxygen atoms in total. The van der Waals surface area contributed by atoms with Crippen LogP contribution in [0.3, 0.4) is 0 Å². The summed E-state index contributed by atoms with van der Waals surface area (Å²) >= 11 is 0. The smallest absolute Gasteiger partial charge is 0.326 e. The van der Waals surface area contributed by atoms with Gasteiger partial charge in [-0.05, 0) is 44.9 Å². The lowest BCUT2D eigenvalue weighted by Crippen LogP contribution is -2.26. The van der Waals surface area contributed by atoms with E-state index in [-0.39, 0.29) is 12.5 Å². The number of ether oxygens (including phenoxy) is 1. The number of hydrogen-bond donors (Lipinski definition) is 0. The molecule has 0 aliphatic heterocycles. The van der Waals surface area contributed by atoms with E-state index in [4.69, 9.17) is 4.74 Å². The Bertz CT molecular complexity index is 591. The number of rotatable bonds is 3. The molecule has 0 N–H and O–H groups in total. The molecule has 0 aliphatic carbocycles. The molecule has 2 aromatic rings. The van der Waals surface area contributed by atoms with Crippen LogP contribution < -0.4 is 0 Å². The second kappa shape index (κ2) is 5.53. The second-order valence-electron chi connectivity index (χ2n) is 5.95. The molecule has 20 heavy (non-hydrogen) atoms. The summed E-state index contributed by atoms with van der Waals surface area (Å²) in [5, 5.41) is 0. The predicted molar refractivity (Wildman–Crippen MR) is 80.5 cm³/mol. The van der Waals surface area contributed by atoms with Gasteiger partial charge in [0.2, 0.25) is 0 Å². The first-order valence-corrected chi connectivity index (χ1v) is 6.79. The van der Waals surface area contributed by atoms with Crippen molar-refractivity contribution >= 4 is 5.97 Å². The van der Waals surface area contributed by atoms with E-state index < -0.39 is 5.60 Å². The molecule has 0 saturated carbocycles. The third-order valence-corrected chi connectivity index (χ3v) is 2.94. The average molecular weight is 271 g/mol. The van der Waals surface area contributed by atoms with Gasteiger partial charge in [0.1, 0.15) is 12.1 Å². The Balaban J connectivity index is 2.15. The van der Waals surface area contributed by atoms with E-state index in [1.165, 1.54) is 0 Å². The third-order valence-electron chi connectivity index (χ3n) is 2.94. The summed E-state index contributed by atoms with van der Waals surface area (Å²) in [7, 11) is 0. The standard InChI is InChI=1S/C17H21NO2/c1-13-10-15(14-8-6-5-7-9-14)11-18(13)12-16(19)20-17(2,3)4/h5-11H,12H2,1-4H3. The molecule has 0 aliphatic rings. The van der Waals surface area contributed by atoms with E-state index in [1.54, 1.807) is 0 Å². The van der Waals surface area contributed by atoms with Crippen molar-refractivity contribution in [2.45, 2.75) is 39.8 Å². The Hall–Kier alpha value is -2.03. The van der Waals surface area contributed by atoms with Crippen LogP contribution in [0.15, 0.2) is 42.6 Å². The van der Waals surface area contributed by atoms with E-state index in [2.05, 4.69) is 18.2 Å². The van der Waals surface area contributed by atoms with E-state index in [0.717, 1.165) is 16.8 Å². The van der Waals surface area contributed by atoms with Gasteiger partial charge in [0.15, 0.2) is 0 Å². The van der Waals surface area contributed by atoms with Gasteiger partial charge in [0, 0.05) is 11.9 Å². The van der Waals surface area contributed by atoms with Crippen molar-refractivity contribution in [3.63, 3.8) is 0 Å². The van der Waals surface area contributed by atoms with Gasteiger partial charge in [-0.1, -0.05) is 30.3 Å².